The number of rotatable bonds is 2. The number of aromatic nitrogens is 2. The van der Waals surface area contributed by atoms with E-state index >= 15 is 0 Å². The van der Waals surface area contributed by atoms with Gasteiger partial charge in [-0.25, -0.2) is 9.78 Å². The molecule has 6 heteroatoms. The number of anilines is 1. The highest BCUT2D eigenvalue weighted by Gasteiger charge is 2.16. The van der Waals surface area contributed by atoms with Gasteiger partial charge in [0.15, 0.2) is 0 Å². The van der Waals surface area contributed by atoms with Crippen LogP contribution in [0, 0.1) is 0 Å². The number of aromatic carboxylic acids is 1. The molecule has 0 unspecified atom stereocenters. The minimum atomic E-state index is -1.23. The SMILES string of the molecule is O=C(O)c1c[nH]c2nc(N3CCCC3)ccc2c1=O. The molecular formula is C13H13N3O3. The molecule has 1 saturated heterocycles. The van der Waals surface area contributed by atoms with Crippen LogP contribution in [-0.2, 0) is 0 Å². The van der Waals surface area contributed by atoms with Gasteiger partial charge in [0.25, 0.3) is 0 Å². The van der Waals surface area contributed by atoms with Crippen molar-refractivity contribution in [1.29, 1.82) is 0 Å². The summed E-state index contributed by atoms with van der Waals surface area (Å²) in [6.07, 6.45) is 3.50. The molecule has 3 heterocycles. The lowest BCUT2D eigenvalue weighted by atomic mass is 10.2. The van der Waals surface area contributed by atoms with Gasteiger partial charge in [0.05, 0.1) is 5.39 Å². The van der Waals surface area contributed by atoms with Crippen molar-refractivity contribution in [2.24, 2.45) is 0 Å². The molecule has 0 aromatic carbocycles. The monoisotopic (exact) mass is 259 g/mol. The first-order valence-corrected chi connectivity index (χ1v) is 6.17. The number of aromatic amines is 1. The van der Waals surface area contributed by atoms with Crippen molar-refractivity contribution in [3.63, 3.8) is 0 Å². The average molecular weight is 259 g/mol. The van der Waals surface area contributed by atoms with Crippen molar-refractivity contribution >= 4 is 22.8 Å². The second kappa shape index (κ2) is 4.38. The van der Waals surface area contributed by atoms with E-state index in [1.54, 1.807) is 12.1 Å². The number of carboxylic acids is 1. The Hall–Kier alpha value is -2.37. The van der Waals surface area contributed by atoms with E-state index in [-0.39, 0.29) is 5.56 Å². The van der Waals surface area contributed by atoms with E-state index in [4.69, 9.17) is 5.11 Å². The Morgan fingerprint density at radius 1 is 1.32 bits per heavy atom. The number of hydrogen-bond donors (Lipinski definition) is 2. The Morgan fingerprint density at radius 2 is 2.05 bits per heavy atom. The molecule has 0 spiro atoms. The van der Waals surface area contributed by atoms with E-state index in [1.807, 2.05) is 0 Å². The summed E-state index contributed by atoms with van der Waals surface area (Å²) in [5.41, 5.74) is -0.329. The quantitative estimate of drug-likeness (QED) is 0.846. The lowest BCUT2D eigenvalue weighted by Crippen LogP contribution is -2.20. The third-order valence-electron chi connectivity index (χ3n) is 3.38. The lowest BCUT2D eigenvalue weighted by Gasteiger charge is -2.16. The maximum atomic E-state index is 11.9. The first kappa shape index (κ1) is 11.7. The molecule has 6 nitrogen and oxygen atoms in total. The highest BCUT2D eigenvalue weighted by atomic mass is 16.4. The second-order valence-corrected chi connectivity index (χ2v) is 4.60. The number of pyridine rings is 2. The number of hydrogen-bond acceptors (Lipinski definition) is 4. The summed E-state index contributed by atoms with van der Waals surface area (Å²) in [5, 5.41) is 9.21. The molecule has 0 amide bonds. The molecule has 0 saturated carbocycles. The van der Waals surface area contributed by atoms with Gasteiger partial charge in [-0.3, -0.25) is 4.79 Å². The number of fused-ring (bicyclic) bond motifs is 1. The van der Waals surface area contributed by atoms with Crippen LogP contribution >= 0.6 is 0 Å². The highest BCUT2D eigenvalue weighted by Crippen LogP contribution is 2.19. The first-order valence-electron chi connectivity index (χ1n) is 6.17. The average Bonchev–Trinajstić information content (AvgIpc) is 2.92. The van der Waals surface area contributed by atoms with Crippen molar-refractivity contribution in [2.45, 2.75) is 12.8 Å². The number of nitrogens with zero attached hydrogens (tertiary/aromatic N) is 2. The molecule has 19 heavy (non-hydrogen) atoms. The molecule has 2 aromatic heterocycles. The lowest BCUT2D eigenvalue weighted by molar-refractivity contribution is 0.0695. The predicted octanol–water partition coefficient (Wildman–Crippen LogP) is 1.22. The minimum absolute atomic E-state index is 0.261. The molecular weight excluding hydrogens is 246 g/mol. The fourth-order valence-electron chi connectivity index (χ4n) is 2.37. The van der Waals surface area contributed by atoms with Gasteiger partial charge in [0.1, 0.15) is 17.0 Å². The number of nitrogens with one attached hydrogen (secondary N) is 1. The molecule has 2 N–H and O–H groups in total. The highest BCUT2D eigenvalue weighted by molar-refractivity contribution is 5.91. The fourth-order valence-corrected chi connectivity index (χ4v) is 2.37. The Kier molecular flexibility index (Phi) is 2.70. The standard InChI is InChI=1S/C13H13N3O3/c17-11-8-3-4-10(16-5-1-2-6-16)15-12(8)14-7-9(11)13(18)19/h3-4,7H,1-2,5-6H2,(H,18,19)(H,14,15,17). The van der Waals surface area contributed by atoms with Crippen LogP contribution in [0.3, 0.4) is 0 Å². The summed E-state index contributed by atoms with van der Waals surface area (Å²) >= 11 is 0. The number of carboxylic acid groups (broad SMARTS) is 1. The van der Waals surface area contributed by atoms with Crippen molar-refractivity contribution in [1.82, 2.24) is 9.97 Å². The topological polar surface area (TPSA) is 86.3 Å². The zero-order valence-corrected chi connectivity index (χ0v) is 10.2. The van der Waals surface area contributed by atoms with Crippen molar-refractivity contribution in [2.75, 3.05) is 18.0 Å². The van der Waals surface area contributed by atoms with Crippen LogP contribution in [-0.4, -0.2) is 34.1 Å². The maximum absolute atomic E-state index is 11.9. The number of carbonyl (C=O) groups is 1. The van der Waals surface area contributed by atoms with E-state index < -0.39 is 11.4 Å². The molecule has 0 radical (unpaired) electrons. The van der Waals surface area contributed by atoms with E-state index in [1.165, 1.54) is 6.20 Å². The summed E-state index contributed by atoms with van der Waals surface area (Å²) in [6.45, 7) is 1.94. The van der Waals surface area contributed by atoms with Gasteiger partial charge < -0.3 is 15.0 Å². The van der Waals surface area contributed by atoms with Gasteiger partial charge in [-0.1, -0.05) is 0 Å². The van der Waals surface area contributed by atoms with Crippen molar-refractivity contribution < 1.29 is 9.90 Å². The molecule has 2 aromatic rings. The van der Waals surface area contributed by atoms with Crippen LogP contribution in [0.4, 0.5) is 5.82 Å². The van der Waals surface area contributed by atoms with Gasteiger partial charge in [0, 0.05) is 19.3 Å². The van der Waals surface area contributed by atoms with Crippen LogP contribution in [0.2, 0.25) is 0 Å². The largest absolute Gasteiger partial charge is 0.477 e. The summed E-state index contributed by atoms with van der Waals surface area (Å²) in [5.74, 6) is -0.407. The van der Waals surface area contributed by atoms with E-state index in [0.717, 1.165) is 31.7 Å². The Balaban J connectivity index is 2.12. The number of H-pyrrole nitrogens is 1. The smallest absolute Gasteiger partial charge is 0.341 e. The first-order chi connectivity index (χ1) is 9.16. The zero-order valence-electron chi connectivity index (χ0n) is 10.2. The van der Waals surface area contributed by atoms with Gasteiger partial charge >= 0.3 is 5.97 Å². The van der Waals surface area contributed by atoms with Crippen LogP contribution in [0.15, 0.2) is 23.1 Å². The summed E-state index contributed by atoms with van der Waals surface area (Å²) in [6, 6.07) is 3.41. The van der Waals surface area contributed by atoms with Crippen LogP contribution in [0.5, 0.6) is 0 Å². The van der Waals surface area contributed by atoms with Crippen molar-refractivity contribution in [3.8, 4) is 0 Å². The molecule has 1 fully saturated rings. The second-order valence-electron chi connectivity index (χ2n) is 4.60. The molecule has 1 aliphatic rings. The Bertz CT molecular complexity index is 702. The molecule has 3 rings (SSSR count). The van der Waals surface area contributed by atoms with Gasteiger partial charge in [-0.2, -0.15) is 0 Å². The predicted molar refractivity (Wildman–Crippen MR) is 70.8 cm³/mol. The Morgan fingerprint density at radius 3 is 2.74 bits per heavy atom. The molecule has 0 bridgehead atoms. The van der Waals surface area contributed by atoms with Crippen LogP contribution < -0.4 is 10.3 Å². The van der Waals surface area contributed by atoms with Gasteiger partial charge in [-0.05, 0) is 25.0 Å². The van der Waals surface area contributed by atoms with Gasteiger partial charge in [0.2, 0.25) is 5.43 Å². The van der Waals surface area contributed by atoms with Crippen LogP contribution in [0.1, 0.15) is 23.2 Å². The van der Waals surface area contributed by atoms with Crippen molar-refractivity contribution in [3.05, 3.63) is 34.1 Å². The fraction of sp³-hybridized carbons (Fsp3) is 0.308. The van der Waals surface area contributed by atoms with Gasteiger partial charge in [-0.15, -0.1) is 0 Å². The maximum Gasteiger partial charge on any atom is 0.341 e. The molecule has 98 valence electrons. The minimum Gasteiger partial charge on any atom is -0.477 e. The van der Waals surface area contributed by atoms with E-state index in [9.17, 15) is 9.59 Å². The molecule has 0 atom stereocenters. The Labute approximate surface area is 108 Å². The summed E-state index contributed by atoms with van der Waals surface area (Å²) in [4.78, 5) is 32.2. The third kappa shape index (κ3) is 1.95. The third-order valence-corrected chi connectivity index (χ3v) is 3.38. The van der Waals surface area contributed by atoms with E-state index in [2.05, 4.69) is 14.9 Å². The summed E-state index contributed by atoms with van der Waals surface area (Å²) < 4.78 is 0. The van der Waals surface area contributed by atoms with Crippen LogP contribution in [0.25, 0.3) is 11.0 Å². The van der Waals surface area contributed by atoms with E-state index in [0.29, 0.717) is 11.0 Å². The summed E-state index contributed by atoms with van der Waals surface area (Å²) in [7, 11) is 0. The molecule has 1 aliphatic heterocycles. The normalized spacial score (nSPS) is 15.1. The zero-order chi connectivity index (χ0) is 13.4. The molecule has 0 aliphatic carbocycles.